The molecule has 0 spiro atoms. The summed E-state index contributed by atoms with van der Waals surface area (Å²) >= 11 is 4.57. The van der Waals surface area contributed by atoms with Gasteiger partial charge in [-0.05, 0) is 37.1 Å². The molecular weight excluding hydrogens is 523 g/mol. The molecule has 5 rings (SSSR count). The Hall–Kier alpha value is -2.02. The summed E-state index contributed by atoms with van der Waals surface area (Å²) in [5, 5.41) is 4.34. The van der Waals surface area contributed by atoms with Gasteiger partial charge in [0.05, 0.1) is 9.75 Å². The summed E-state index contributed by atoms with van der Waals surface area (Å²) < 4.78 is 89.9. The Morgan fingerprint density at radius 3 is 1.39 bits per heavy atom. The summed E-state index contributed by atoms with van der Waals surface area (Å²) in [6, 6.07) is 2.51. The zero-order valence-electron chi connectivity index (χ0n) is 16.8. The predicted molar refractivity (Wildman–Crippen MR) is 122 cm³/mol. The van der Waals surface area contributed by atoms with Gasteiger partial charge in [-0.25, -0.2) is 9.97 Å². The molecule has 0 saturated carbocycles. The van der Waals surface area contributed by atoms with E-state index in [-0.39, 0.29) is 20.9 Å². The second kappa shape index (κ2) is 7.49. The molecule has 4 aromatic rings. The lowest BCUT2D eigenvalue weighted by atomic mass is 9.95. The third kappa shape index (κ3) is 3.17. The molecule has 0 aromatic carbocycles. The first-order chi connectivity index (χ1) is 15.5. The van der Waals surface area contributed by atoms with Crippen LogP contribution in [0.2, 0.25) is 0 Å². The lowest BCUT2D eigenvalue weighted by Crippen LogP contribution is -2.48. The summed E-state index contributed by atoms with van der Waals surface area (Å²) in [5.41, 5.74) is -3.30. The van der Waals surface area contributed by atoms with Crippen molar-refractivity contribution in [3.05, 3.63) is 56.2 Å². The second-order valence-corrected chi connectivity index (χ2v) is 11.6. The van der Waals surface area contributed by atoms with Gasteiger partial charge in [0.1, 0.15) is 10.0 Å². The molecule has 0 saturated heterocycles. The molecule has 33 heavy (non-hydrogen) atoms. The summed E-state index contributed by atoms with van der Waals surface area (Å²) in [7, 11) is 0. The zero-order chi connectivity index (χ0) is 23.8. The molecule has 4 heterocycles. The number of alkyl halides is 6. The number of hydrogen-bond acceptors (Lipinski definition) is 6. The number of aromatic nitrogens is 2. The van der Waals surface area contributed by atoms with Crippen molar-refractivity contribution in [3.63, 3.8) is 0 Å². The zero-order valence-corrected chi connectivity index (χ0v) is 20.0. The van der Waals surface area contributed by atoms with E-state index in [9.17, 15) is 8.78 Å². The van der Waals surface area contributed by atoms with E-state index in [1.54, 1.807) is 10.8 Å². The van der Waals surface area contributed by atoms with Crippen LogP contribution >= 0.6 is 45.3 Å². The maximum atomic E-state index is 15.1. The standard InChI is InChI=1S/C21H12F6N2S4/c1-9-11(7-13(32-9)17-28-3-5-30-17)15-16(20(24,25)21(26,27)19(15,22)23)12-8-14(33-10(12)2)18-29-4-6-31-18/h3-8H,1-2H3. The minimum atomic E-state index is -5.59. The fraction of sp³-hybridized carbons (Fsp3) is 0.238. The molecule has 0 amide bonds. The fourth-order valence-electron chi connectivity index (χ4n) is 3.79. The van der Waals surface area contributed by atoms with Crippen molar-refractivity contribution in [2.75, 3.05) is 0 Å². The molecule has 1 aliphatic carbocycles. The maximum Gasteiger partial charge on any atom is 0.380 e. The summed E-state index contributed by atoms with van der Waals surface area (Å²) in [4.78, 5) is 9.58. The number of nitrogens with zero attached hydrogens (tertiary/aromatic N) is 2. The largest absolute Gasteiger partial charge is 0.380 e. The number of rotatable bonds is 4. The summed E-state index contributed by atoms with van der Waals surface area (Å²) in [6.07, 6.45) is 3.03. The SMILES string of the molecule is Cc1sc(-c2nccs2)cc1C1=C(c2cc(-c3nccs3)sc2C)C(F)(F)C(F)(F)C1(F)F. The molecule has 0 N–H and O–H groups in total. The monoisotopic (exact) mass is 534 g/mol. The van der Waals surface area contributed by atoms with E-state index < -0.39 is 28.9 Å². The van der Waals surface area contributed by atoms with Gasteiger partial charge in [-0.15, -0.1) is 45.3 Å². The van der Waals surface area contributed by atoms with Crippen LogP contribution in [0.5, 0.6) is 0 Å². The quantitative estimate of drug-likeness (QED) is 0.245. The average molecular weight is 535 g/mol. The molecule has 0 radical (unpaired) electrons. The number of thiazole rings is 2. The van der Waals surface area contributed by atoms with Gasteiger partial charge in [0, 0.05) is 44.1 Å². The molecule has 0 unspecified atom stereocenters. The normalized spacial score (nSPS) is 18.9. The van der Waals surface area contributed by atoms with Gasteiger partial charge < -0.3 is 0 Å². The van der Waals surface area contributed by atoms with Gasteiger partial charge in [-0.1, -0.05) is 0 Å². The van der Waals surface area contributed by atoms with Crippen LogP contribution in [-0.2, 0) is 0 Å². The molecule has 2 nitrogen and oxygen atoms in total. The van der Waals surface area contributed by atoms with Crippen molar-refractivity contribution in [1.82, 2.24) is 9.97 Å². The number of halogens is 6. The molecule has 0 atom stereocenters. The highest BCUT2D eigenvalue weighted by atomic mass is 32.1. The van der Waals surface area contributed by atoms with Crippen molar-refractivity contribution in [2.24, 2.45) is 0 Å². The molecule has 1 aliphatic rings. The Balaban J connectivity index is 1.80. The van der Waals surface area contributed by atoms with Gasteiger partial charge in [0.2, 0.25) is 0 Å². The smallest absolute Gasteiger partial charge is 0.244 e. The Labute approximate surface area is 199 Å². The number of aryl methyl sites for hydroxylation is 2. The third-order valence-corrected chi connectivity index (χ3v) is 9.31. The second-order valence-electron chi connectivity index (χ2n) is 7.31. The number of allylic oxidation sites excluding steroid dienone is 2. The van der Waals surface area contributed by atoms with Crippen molar-refractivity contribution < 1.29 is 26.3 Å². The lowest BCUT2D eigenvalue weighted by molar-refractivity contribution is -0.254. The fourth-order valence-corrected chi connectivity index (χ4v) is 7.26. The predicted octanol–water partition coefficient (Wildman–Crippen LogP) is 8.50. The average Bonchev–Trinajstić information content (AvgIpc) is 3.53. The minimum absolute atomic E-state index is 0.230. The summed E-state index contributed by atoms with van der Waals surface area (Å²) in [5.74, 6) is -15.7. The van der Waals surface area contributed by atoms with Crippen LogP contribution in [0.25, 0.3) is 30.9 Å². The molecule has 0 fully saturated rings. The van der Waals surface area contributed by atoms with Crippen LogP contribution in [0, 0.1) is 13.8 Å². The van der Waals surface area contributed by atoms with E-state index in [0.29, 0.717) is 19.8 Å². The first kappa shape index (κ1) is 22.8. The Kier molecular flexibility index (Phi) is 5.16. The van der Waals surface area contributed by atoms with Gasteiger partial charge in [0.25, 0.3) is 0 Å². The van der Waals surface area contributed by atoms with E-state index in [0.717, 1.165) is 22.7 Å². The highest BCUT2D eigenvalue weighted by Crippen LogP contribution is 2.66. The molecule has 172 valence electrons. The third-order valence-electron chi connectivity index (χ3n) is 5.33. The van der Waals surface area contributed by atoms with Gasteiger partial charge >= 0.3 is 17.8 Å². The van der Waals surface area contributed by atoms with Crippen LogP contribution in [0.1, 0.15) is 20.9 Å². The van der Waals surface area contributed by atoms with Crippen LogP contribution in [-0.4, -0.2) is 27.7 Å². The first-order valence-electron chi connectivity index (χ1n) is 9.37. The molecule has 4 aromatic heterocycles. The first-order valence-corrected chi connectivity index (χ1v) is 12.8. The topological polar surface area (TPSA) is 25.8 Å². The van der Waals surface area contributed by atoms with Crippen molar-refractivity contribution >= 4 is 56.5 Å². The van der Waals surface area contributed by atoms with Crippen LogP contribution in [0.3, 0.4) is 0 Å². The minimum Gasteiger partial charge on any atom is -0.244 e. The highest BCUT2D eigenvalue weighted by Gasteiger charge is 2.80. The van der Waals surface area contributed by atoms with Crippen LogP contribution in [0.15, 0.2) is 35.3 Å². The maximum absolute atomic E-state index is 15.1. The van der Waals surface area contributed by atoms with Crippen LogP contribution in [0.4, 0.5) is 26.3 Å². The Morgan fingerprint density at radius 2 is 1.06 bits per heavy atom. The number of hydrogen-bond donors (Lipinski definition) is 0. The van der Waals surface area contributed by atoms with E-state index in [2.05, 4.69) is 9.97 Å². The van der Waals surface area contributed by atoms with Crippen LogP contribution < -0.4 is 0 Å². The van der Waals surface area contributed by atoms with E-state index in [1.165, 1.54) is 61.0 Å². The van der Waals surface area contributed by atoms with Crippen molar-refractivity contribution in [2.45, 2.75) is 31.6 Å². The van der Waals surface area contributed by atoms with Gasteiger partial charge in [-0.2, -0.15) is 26.3 Å². The molecule has 0 aliphatic heterocycles. The van der Waals surface area contributed by atoms with E-state index in [1.807, 2.05) is 0 Å². The number of thiophene rings is 2. The molecular formula is C21H12F6N2S4. The van der Waals surface area contributed by atoms with E-state index in [4.69, 9.17) is 0 Å². The Morgan fingerprint density at radius 1 is 0.667 bits per heavy atom. The van der Waals surface area contributed by atoms with E-state index >= 15 is 17.6 Å². The Bertz CT molecular complexity index is 1260. The molecule has 0 bridgehead atoms. The highest BCUT2D eigenvalue weighted by molar-refractivity contribution is 7.21. The molecule has 12 heteroatoms. The summed E-state index contributed by atoms with van der Waals surface area (Å²) in [6.45, 7) is 2.90. The van der Waals surface area contributed by atoms with Crippen molar-refractivity contribution in [1.29, 1.82) is 0 Å². The van der Waals surface area contributed by atoms with Crippen molar-refractivity contribution in [3.8, 4) is 19.8 Å². The van der Waals surface area contributed by atoms with Gasteiger partial charge in [0.15, 0.2) is 0 Å². The van der Waals surface area contributed by atoms with Gasteiger partial charge in [-0.3, -0.25) is 0 Å². The lowest BCUT2D eigenvalue weighted by Gasteiger charge is -2.25.